The van der Waals surface area contributed by atoms with Gasteiger partial charge in [0, 0.05) is 6.61 Å². The van der Waals surface area contributed by atoms with E-state index in [0.29, 0.717) is 12.5 Å². The first kappa shape index (κ1) is 7.35. The average Bonchev–Trinajstić information content (AvgIpc) is 2.60. The van der Waals surface area contributed by atoms with Gasteiger partial charge in [-0.2, -0.15) is 0 Å². The molecule has 3 atom stereocenters. The van der Waals surface area contributed by atoms with Crippen molar-refractivity contribution in [3.8, 4) is 0 Å². The summed E-state index contributed by atoms with van der Waals surface area (Å²) in [7, 11) is 0. The van der Waals surface area contributed by atoms with Gasteiger partial charge in [-0.1, -0.05) is 18.6 Å². The number of hydrogen-bond donors (Lipinski definition) is 1. The molecule has 1 nitrogen and oxygen atoms in total. The van der Waals surface area contributed by atoms with Gasteiger partial charge in [0.05, 0.1) is 0 Å². The summed E-state index contributed by atoms with van der Waals surface area (Å²) in [5.41, 5.74) is 0. The lowest BCUT2D eigenvalue weighted by atomic mass is 10.1. The lowest BCUT2D eigenvalue weighted by Gasteiger charge is -1.99. The van der Waals surface area contributed by atoms with Crippen LogP contribution in [0.15, 0.2) is 12.2 Å². The highest BCUT2D eigenvalue weighted by molar-refractivity contribution is 5.09. The van der Waals surface area contributed by atoms with Gasteiger partial charge in [0.15, 0.2) is 0 Å². The van der Waals surface area contributed by atoms with Crippen LogP contribution in [-0.4, -0.2) is 11.7 Å². The molecule has 11 heavy (non-hydrogen) atoms. The highest BCUT2D eigenvalue weighted by Crippen LogP contribution is 2.50. The Kier molecular flexibility index (Phi) is 1.99. The first-order chi connectivity index (χ1) is 5.43. The van der Waals surface area contributed by atoms with Crippen LogP contribution in [0.4, 0.5) is 0 Å². The van der Waals surface area contributed by atoms with E-state index < -0.39 is 0 Å². The van der Waals surface area contributed by atoms with E-state index in [4.69, 9.17) is 5.11 Å². The van der Waals surface area contributed by atoms with Crippen LogP contribution in [0, 0.1) is 17.8 Å². The van der Waals surface area contributed by atoms with Gasteiger partial charge in [0.25, 0.3) is 0 Å². The maximum atomic E-state index is 8.99. The van der Waals surface area contributed by atoms with Crippen molar-refractivity contribution < 1.29 is 5.11 Å². The summed E-state index contributed by atoms with van der Waals surface area (Å²) >= 11 is 0. The van der Waals surface area contributed by atoms with Crippen molar-refractivity contribution in [3.63, 3.8) is 0 Å². The first-order valence-corrected chi connectivity index (χ1v) is 4.71. The monoisotopic (exact) mass is 152 g/mol. The Bertz CT molecular complexity index is 162. The molecular formula is C10H16O. The second-order valence-corrected chi connectivity index (χ2v) is 3.80. The predicted octanol–water partition coefficient (Wildman–Crippen LogP) is 1.97. The summed E-state index contributed by atoms with van der Waals surface area (Å²) in [5, 5.41) is 8.99. The summed E-state index contributed by atoms with van der Waals surface area (Å²) in [6.45, 7) is 0.402. The van der Waals surface area contributed by atoms with Crippen LogP contribution in [0.3, 0.4) is 0 Å². The van der Waals surface area contributed by atoms with Crippen LogP contribution in [0.1, 0.15) is 25.7 Å². The Morgan fingerprint density at radius 3 is 3.09 bits per heavy atom. The second-order valence-electron chi connectivity index (χ2n) is 3.80. The maximum absolute atomic E-state index is 8.99. The van der Waals surface area contributed by atoms with Gasteiger partial charge < -0.3 is 5.11 Å². The summed E-state index contributed by atoms with van der Waals surface area (Å²) in [6, 6.07) is 0. The van der Waals surface area contributed by atoms with Crippen LogP contribution < -0.4 is 0 Å². The molecule has 62 valence electrons. The Morgan fingerprint density at radius 1 is 1.36 bits per heavy atom. The standard InChI is InChI=1S/C10H16O/c11-7-10-8-5-3-1-2-4-6-9(8)10/h3,5,8-11H,1-2,4,6-7H2/b5-3+. The molecule has 1 fully saturated rings. The fourth-order valence-electron chi connectivity index (χ4n) is 2.32. The molecule has 2 aliphatic rings. The second kappa shape index (κ2) is 2.98. The van der Waals surface area contributed by atoms with E-state index >= 15 is 0 Å². The third-order valence-corrected chi connectivity index (χ3v) is 3.13. The Morgan fingerprint density at radius 2 is 2.27 bits per heavy atom. The topological polar surface area (TPSA) is 20.2 Å². The summed E-state index contributed by atoms with van der Waals surface area (Å²) in [5.74, 6) is 2.18. The lowest BCUT2D eigenvalue weighted by Crippen LogP contribution is -1.88. The molecule has 3 unspecified atom stereocenters. The largest absolute Gasteiger partial charge is 0.396 e. The molecule has 2 aliphatic carbocycles. The molecular weight excluding hydrogens is 136 g/mol. The first-order valence-electron chi connectivity index (χ1n) is 4.71. The number of aliphatic hydroxyl groups is 1. The van der Waals surface area contributed by atoms with Crippen molar-refractivity contribution in [1.82, 2.24) is 0 Å². The van der Waals surface area contributed by atoms with Gasteiger partial charge >= 0.3 is 0 Å². The smallest absolute Gasteiger partial charge is 0.0467 e. The van der Waals surface area contributed by atoms with Gasteiger partial charge in [0.1, 0.15) is 0 Å². The van der Waals surface area contributed by atoms with Crippen LogP contribution in [0.5, 0.6) is 0 Å². The number of allylic oxidation sites excluding steroid dienone is 2. The van der Waals surface area contributed by atoms with E-state index in [-0.39, 0.29) is 0 Å². The van der Waals surface area contributed by atoms with Crippen molar-refractivity contribution in [2.24, 2.45) is 17.8 Å². The number of rotatable bonds is 1. The van der Waals surface area contributed by atoms with Crippen LogP contribution in [0.2, 0.25) is 0 Å². The maximum Gasteiger partial charge on any atom is 0.0467 e. The molecule has 2 rings (SSSR count). The molecule has 0 radical (unpaired) electrons. The van der Waals surface area contributed by atoms with Crippen molar-refractivity contribution in [2.45, 2.75) is 25.7 Å². The van der Waals surface area contributed by atoms with E-state index in [0.717, 1.165) is 11.8 Å². The molecule has 0 heterocycles. The van der Waals surface area contributed by atoms with Crippen LogP contribution in [-0.2, 0) is 0 Å². The zero-order valence-electron chi connectivity index (χ0n) is 6.87. The minimum atomic E-state index is 0.402. The van der Waals surface area contributed by atoms with E-state index in [9.17, 15) is 0 Å². The number of hydrogen-bond acceptors (Lipinski definition) is 1. The molecule has 0 bridgehead atoms. The minimum absolute atomic E-state index is 0.402. The van der Waals surface area contributed by atoms with Gasteiger partial charge in [-0.25, -0.2) is 0 Å². The van der Waals surface area contributed by atoms with Crippen LogP contribution in [0.25, 0.3) is 0 Å². The molecule has 0 aromatic carbocycles. The molecule has 0 saturated heterocycles. The molecule has 0 aromatic rings. The Balaban J connectivity index is 1.96. The van der Waals surface area contributed by atoms with Gasteiger partial charge in [-0.05, 0) is 37.0 Å². The van der Waals surface area contributed by atoms with E-state index in [1.54, 1.807) is 0 Å². The quantitative estimate of drug-likeness (QED) is 0.569. The lowest BCUT2D eigenvalue weighted by molar-refractivity contribution is 0.264. The fourth-order valence-corrected chi connectivity index (χ4v) is 2.32. The molecule has 1 heteroatoms. The molecule has 0 aromatic heterocycles. The minimum Gasteiger partial charge on any atom is -0.396 e. The molecule has 1 saturated carbocycles. The van der Waals surface area contributed by atoms with Crippen molar-refractivity contribution in [1.29, 1.82) is 0 Å². The average molecular weight is 152 g/mol. The Hall–Kier alpha value is -0.300. The molecule has 0 amide bonds. The summed E-state index contributed by atoms with van der Waals surface area (Å²) in [4.78, 5) is 0. The van der Waals surface area contributed by atoms with Crippen molar-refractivity contribution in [3.05, 3.63) is 12.2 Å². The molecule has 0 spiro atoms. The van der Waals surface area contributed by atoms with E-state index in [2.05, 4.69) is 12.2 Å². The van der Waals surface area contributed by atoms with Gasteiger partial charge in [-0.15, -0.1) is 0 Å². The third-order valence-electron chi connectivity index (χ3n) is 3.13. The van der Waals surface area contributed by atoms with E-state index in [1.165, 1.54) is 25.7 Å². The highest BCUT2D eigenvalue weighted by atomic mass is 16.3. The van der Waals surface area contributed by atoms with Gasteiger partial charge in [-0.3, -0.25) is 0 Å². The zero-order valence-corrected chi connectivity index (χ0v) is 6.87. The highest BCUT2D eigenvalue weighted by Gasteiger charge is 2.46. The van der Waals surface area contributed by atoms with Crippen LogP contribution >= 0.6 is 0 Å². The SMILES string of the molecule is OCC1C2/C=C/CCCCC21. The molecule has 0 aliphatic heterocycles. The summed E-state index contributed by atoms with van der Waals surface area (Å²) < 4.78 is 0. The fraction of sp³-hybridized carbons (Fsp3) is 0.800. The van der Waals surface area contributed by atoms with Crippen molar-refractivity contribution >= 4 is 0 Å². The Labute approximate surface area is 68.1 Å². The summed E-state index contributed by atoms with van der Waals surface area (Å²) in [6.07, 6.45) is 9.93. The predicted molar refractivity (Wildman–Crippen MR) is 45.2 cm³/mol. The van der Waals surface area contributed by atoms with E-state index in [1.807, 2.05) is 0 Å². The zero-order chi connectivity index (χ0) is 7.68. The number of aliphatic hydroxyl groups excluding tert-OH is 1. The number of fused-ring (bicyclic) bond motifs is 1. The van der Waals surface area contributed by atoms with Gasteiger partial charge in [0.2, 0.25) is 0 Å². The molecule has 1 N–H and O–H groups in total. The third kappa shape index (κ3) is 1.34. The normalized spacial score (nSPS) is 45.4. The van der Waals surface area contributed by atoms with Crippen molar-refractivity contribution in [2.75, 3.05) is 6.61 Å².